The number of fused-ring (bicyclic) bond motifs is 2. The van der Waals surface area contributed by atoms with E-state index in [9.17, 15) is 27.6 Å². The van der Waals surface area contributed by atoms with Crippen LogP contribution in [0.1, 0.15) is 56.9 Å². The topological polar surface area (TPSA) is 169 Å². The standard InChI is InChI=1S/C32H40N6O7S/c1-20-8-11-27(38-14-12-33-19-38)26(15-20)34-31(42)45-22-16-24-25(17-22)29(40)37(2)13-6-4-3-5-7-21-18-32(21,35-28(24)39)30(41)36-46(43,44)23-9-10-23/h5,7-8,11-12,14-15,19,21-25H,3-4,6,9-10,13,16-18H2,1-2H3,(H,34,42)(H,35,39)(H,36,41)/b7-5-/t21-,22-,24-,25-,32-/m1/s1. The Morgan fingerprint density at radius 3 is 2.65 bits per heavy atom. The van der Waals surface area contributed by atoms with E-state index in [0.29, 0.717) is 30.8 Å². The molecular formula is C32H40N6O7S. The molecule has 14 heteroatoms. The maximum atomic E-state index is 13.9. The number of anilines is 1. The zero-order chi connectivity index (χ0) is 32.6. The summed E-state index contributed by atoms with van der Waals surface area (Å²) < 4.78 is 35.0. The van der Waals surface area contributed by atoms with Gasteiger partial charge in [-0.15, -0.1) is 0 Å². The number of carbonyl (C=O) groups excluding carboxylic acids is 4. The van der Waals surface area contributed by atoms with Crippen molar-refractivity contribution in [2.24, 2.45) is 17.8 Å². The third kappa shape index (κ3) is 6.67. The monoisotopic (exact) mass is 652 g/mol. The van der Waals surface area contributed by atoms with Crippen LogP contribution in [0.15, 0.2) is 49.1 Å². The number of carbonyl (C=O) groups is 4. The van der Waals surface area contributed by atoms with Crippen molar-refractivity contribution in [3.8, 4) is 5.69 Å². The normalized spacial score (nSPS) is 29.0. The van der Waals surface area contributed by atoms with Crippen LogP contribution in [0.5, 0.6) is 0 Å². The molecule has 4 amide bonds. The van der Waals surface area contributed by atoms with E-state index in [2.05, 4.69) is 20.3 Å². The number of aromatic nitrogens is 2. The average Bonchev–Trinajstić information content (AvgIpc) is 3.87. The van der Waals surface area contributed by atoms with Crippen molar-refractivity contribution in [1.29, 1.82) is 0 Å². The van der Waals surface area contributed by atoms with Crippen LogP contribution >= 0.6 is 0 Å². The largest absolute Gasteiger partial charge is 0.446 e. The zero-order valence-electron chi connectivity index (χ0n) is 26.0. The van der Waals surface area contributed by atoms with Crippen LogP contribution in [0.2, 0.25) is 0 Å². The fourth-order valence-corrected chi connectivity index (χ4v) is 7.92. The van der Waals surface area contributed by atoms with Crippen LogP contribution < -0.4 is 15.4 Å². The molecule has 0 radical (unpaired) electrons. The van der Waals surface area contributed by atoms with Crippen LogP contribution in [0.4, 0.5) is 10.5 Å². The molecule has 3 aliphatic carbocycles. The highest BCUT2D eigenvalue weighted by atomic mass is 32.2. The first-order valence-corrected chi connectivity index (χ1v) is 17.4. The molecule has 246 valence electrons. The van der Waals surface area contributed by atoms with Crippen molar-refractivity contribution in [2.75, 3.05) is 18.9 Å². The Balaban J connectivity index is 1.20. The van der Waals surface area contributed by atoms with Gasteiger partial charge in [0.15, 0.2) is 0 Å². The lowest BCUT2D eigenvalue weighted by Gasteiger charge is -2.26. The fraction of sp³-hybridized carbons (Fsp3) is 0.531. The average molecular weight is 653 g/mol. The molecule has 46 heavy (non-hydrogen) atoms. The van der Waals surface area contributed by atoms with Gasteiger partial charge in [0.05, 0.1) is 34.8 Å². The first kappa shape index (κ1) is 31.8. The number of hydrogen-bond acceptors (Lipinski definition) is 8. The Hall–Kier alpha value is -4.20. The number of rotatable bonds is 6. The third-order valence-electron chi connectivity index (χ3n) is 9.44. The summed E-state index contributed by atoms with van der Waals surface area (Å²) in [5.41, 5.74) is 0.696. The lowest BCUT2D eigenvalue weighted by atomic mass is 9.93. The molecule has 2 aromatic rings. The SMILES string of the molecule is Cc1ccc(-n2ccnc2)c(NC(=O)O[C@@H]2C[C@H]3C(=O)N[C@]4(C(=O)NS(=O)(=O)C5CC5)C[C@H]4/C=C\CCCCN(C)C(=O)[C@@H]3C2)c1. The maximum absolute atomic E-state index is 13.9. The van der Waals surface area contributed by atoms with E-state index in [-0.39, 0.29) is 31.1 Å². The van der Waals surface area contributed by atoms with Crippen molar-refractivity contribution in [1.82, 2.24) is 24.5 Å². The molecule has 6 rings (SSSR count). The minimum Gasteiger partial charge on any atom is -0.446 e. The number of nitrogens with zero attached hydrogens (tertiary/aromatic N) is 3. The second kappa shape index (κ2) is 12.5. The van der Waals surface area contributed by atoms with Crippen molar-refractivity contribution in [3.05, 3.63) is 54.6 Å². The van der Waals surface area contributed by atoms with Gasteiger partial charge in [-0.2, -0.15) is 0 Å². The molecule has 1 aliphatic heterocycles. The van der Waals surface area contributed by atoms with E-state index < -0.39 is 56.7 Å². The van der Waals surface area contributed by atoms with Crippen LogP contribution in [0.3, 0.4) is 0 Å². The van der Waals surface area contributed by atoms with E-state index in [1.54, 1.807) is 35.2 Å². The molecule has 13 nitrogen and oxygen atoms in total. The fourth-order valence-electron chi connectivity index (χ4n) is 6.56. The molecule has 0 unspecified atom stereocenters. The number of nitrogens with one attached hydrogen (secondary N) is 3. The second-order valence-electron chi connectivity index (χ2n) is 13.0. The van der Waals surface area contributed by atoms with E-state index in [4.69, 9.17) is 4.74 Å². The van der Waals surface area contributed by atoms with Crippen LogP contribution in [0, 0.1) is 24.7 Å². The number of aryl methyl sites for hydroxylation is 1. The molecule has 0 spiro atoms. The number of sulfonamides is 1. The highest BCUT2D eigenvalue weighted by Crippen LogP contribution is 2.47. The Morgan fingerprint density at radius 2 is 1.91 bits per heavy atom. The summed E-state index contributed by atoms with van der Waals surface area (Å²) in [6, 6.07) is 5.57. The summed E-state index contributed by atoms with van der Waals surface area (Å²) in [5, 5.41) is 5.06. The van der Waals surface area contributed by atoms with Crippen LogP contribution in [-0.2, 0) is 29.1 Å². The molecule has 3 N–H and O–H groups in total. The molecular weight excluding hydrogens is 612 g/mol. The number of imidazole rings is 1. The van der Waals surface area contributed by atoms with Crippen molar-refractivity contribution < 1.29 is 32.3 Å². The number of amides is 4. The molecule has 4 aliphatic rings. The first-order valence-electron chi connectivity index (χ1n) is 15.8. The Morgan fingerprint density at radius 1 is 1.13 bits per heavy atom. The van der Waals surface area contributed by atoms with Gasteiger partial charge in [0, 0.05) is 31.9 Å². The summed E-state index contributed by atoms with van der Waals surface area (Å²) in [6.07, 6.45) is 11.1. The summed E-state index contributed by atoms with van der Waals surface area (Å²) in [6.45, 7) is 2.42. The summed E-state index contributed by atoms with van der Waals surface area (Å²) in [5.74, 6) is -3.57. The summed E-state index contributed by atoms with van der Waals surface area (Å²) >= 11 is 0. The van der Waals surface area contributed by atoms with E-state index in [0.717, 1.165) is 24.8 Å². The molecule has 0 saturated heterocycles. The van der Waals surface area contributed by atoms with Crippen LogP contribution in [0.25, 0.3) is 5.69 Å². The van der Waals surface area contributed by atoms with Crippen molar-refractivity contribution >= 4 is 39.5 Å². The van der Waals surface area contributed by atoms with Crippen molar-refractivity contribution in [3.63, 3.8) is 0 Å². The minimum atomic E-state index is -3.83. The molecule has 2 heterocycles. The van der Waals surface area contributed by atoms with E-state index in [1.165, 1.54) is 0 Å². The molecule has 1 aromatic heterocycles. The highest BCUT2D eigenvalue weighted by molar-refractivity contribution is 7.91. The van der Waals surface area contributed by atoms with Gasteiger partial charge in [0.1, 0.15) is 11.6 Å². The summed E-state index contributed by atoms with van der Waals surface area (Å²) in [7, 11) is -2.13. The zero-order valence-corrected chi connectivity index (χ0v) is 26.8. The van der Waals surface area contributed by atoms with Gasteiger partial charge in [0.2, 0.25) is 21.8 Å². The van der Waals surface area contributed by atoms with Gasteiger partial charge >= 0.3 is 6.09 Å². The van der Waals surface area contributed by atoms with E-state index >= 15 is 0 Å². The van der Waals surface area contributed by atoms with Gasteiger partial charge in [-0.25, -0.2) is 18.2 Å². The van der Waals surface area contributed by atoms with Crippen molar-refractivity contribution in [2.45, 2.75) is 75.2 Å². The first-order chi connectivity index (χ1) is 22.0. The Bertz CT molecular complexity index is 1650. The van der Waals surface area contributed by atoms with E-state index in [1.807, 2.05) is 37.3 Å². The smallest absolute Gasteiger partial charge is 0.411 e. The maximum Gasteiger partial charge on any atom is 0.411 e. The third-order valence-corrected chi connectivity index (χ3v) is 11.3. The number of hydrogen-bond donors (Lipinski definition) is 3. The van der Waals surface area contributed by atoms with Gasteiger partial charge in [-0.05, 0) is 76.0 Å². The molecule has 1 aromatic carbocycles. The predicted octanol–water partition coefficient (Wildman–Crippen LogP) is 2.81. The second-order valence-corrected chi connectivity index (χ2v) is 14.9. The van der Waals surface area contributed by atoms with Crippen LogP contribution in [-0.4, -0.2) is 77.2 Å². The number of ether oxygens (including phenoxy) is 1. The Labute approximate surface area is 268 Å². The molecule has 5 atom stereocenters. The van der Waals surface area contributed by atoms with Gasteiger partial charge in [-0.3, -0.25) is 24.4 Å². The molecule has 3 fully saturated rings. The predicted molar refractivity (Wildman–Crippen MR) is 168 cm³/mol. The van der Waals surface area contributed by atoms with Gasteiger partial charge in [-0.1, -0.05) is 18.2 Å². The lowest BCUT2D eigenvalue weighted by molar-refractivity contribution is -0.140. The Kier molecular flexibility index (Phi) is 8.66. The quantitative estimate of drug-likeness (QED) is 0.401. The number of benzene rings is 1. The highest BCUT2D eigenvalue weighted by Gasteiger charge is 2.62. The van der Waals surface area contributed by atoms with Gasteiger partial charge in [0.25, 0.3) is 5.91 Å². The minimum absolute atomic E-state index is 0.0737. The molecule has 3 saturated carbocycles. The lowest BCUT2D eigenvalue weighted by Crippen LogP contribution is -2.54. The van der Waals surface area contributed by atoms with Gasteiger partial charge < -0.3 is 19.5 Å². The molecule has 0 bridgehead atoms. The summed E-state index contributed by atoms with van der Waals surface area (Å²) in [4.78, 5) is 59.9. The number of allylic oxidation sites excluding steroid dienone is 1.